The predicted molar refractivity (Wildman–Crippen MR) is 88.7 cm³/mol. The molecule has 0 spiro atoms. The molecule has 1 saturated heterocycles. The van der Waals surface area contributed by atoms with Gasteiger partial charge in [0.15, 0.2) is 0 Å². The predicted octanol–water partition coefficient (Wildman–Crippen LogP) is 2.43. The highest BCUT2D eigenvalue weighted by Crippen LogP contribution is 2.36. The molecule has 1 aliphatic rings. The number of pyridine rings is 1. The van der Waals surface area contributed by atoms with E-state index in [1.54, 1.807) is 11.0 Å². The maximum Gasteiger partial charge on any atom is 0.421 e. The van der Waals surface area contributed by atoms with Crippen LogP contribution in [0, 0.1) is 11.3 Å². The highest BCUT2D eigenvalue weighted by atomic mass is 19.4. The van der Waals surface area contributed by atoms with E-state index >= 15 is 0 Å². The van der Waals surface area contributed by atoms with Crippen molar-refractivity contribution in [1.29, 1.82) is 5.26 Å². The summed E-state index contributed by atoms with van der Waals surface area (Å²) in [7, 11) is 0. The molecule has 1 unspecified atom stereocenters. The van der Waals surface area contributed by atoms with Crippen LogP contribution in [0.3, 0.4) is 0 Å². The van der Waals surface area contributed by atoms with Gasteiger partial charge < -0.3 is 16.0 Å². The van der Waals surface area contributed by atoms with E-state index in [2.05, 4.69) is 20.3 Å². The van der Waals surface area contributed by atoms with Crippen LogP contribution in [-0.2, 0) is 6.18 Å². The van der Waals surface area contributed by atoms with Gasteiger partial charge in [-0.2, -0.15) is 23.4 Å². The second-order valence-corrected chi connectivity index (χ2v) is 5.95. The Morgan fingerprint density at radius 3 is 2.69 bits per heavy atom. The Morgan fingerprint density at radius 1 is 1.27 bits per heavy atom. The second-order valence-electron chi connectivity index (χ2n) is 5.95. The van der Waals surface area contributed by atoms with Crippen molar-refractivity contribution in [2.24, 2.45) is 5.73 Å². The number of halogens is 3. The number of nitrogens with zero attached hydrogens (tertiary/aromatic N) is 5. The van der Waals surface area contributed by atoms with Gasteiger partial charge in [0, 0.05) is 25.3 Å². The Labute approximate surface area is 147 Å². The molecule has 0 radical (unpaired) electrons. The summed E-state index contributed by atoms with van der Waals surface area (Å²) in [5, 5.41) is 11.6. The van der Waals surface area contributed by atoms with Gasteiger partial charge in [0.2, 0.25) is 5.95 Å². The third kappa shape index (κ3) is 4.00. The van der Waals surface area contributed by atoms with Crippen LogP contribution >= 0.6 is 0 Å². The van der Waals surface area contributed by atoms with Gasteiger partial charge >= 0.3 is 6.18 Å². The number of hydrogen-bond acceptors (Lipinski definition) is 7. The van der Waals surface area contributed by atoms with E-state index in [1.807, 2.05) is 6.07 Å². The minimum atomic E-state index is -4.56. The molecule has 3 N–H and O–H groups in total. The van der Waals surface area contributed by atoms with Gasteiger partial charge in [-0.3, -0.25) is 0 Å². The van der Waals surface area contributed by atoms with Crippen LogP contribution in [0.1, 0.15) is 24.1 Å². The molecule has 0 aliphatic carbocycles. The van der Waals surface area contributed by atoms with Crippen LogP contribution in [0.25, 0.3) is 0 Å². The number of nitriles is 1. The number of nitrogens with one attached hydrogen (secondary N) is 1. The first-order valence-electron chi connectivity index (χ1n) is 7.95. The Kier molecular flexibility index (Phi) is 4.90. The maximum absolute atomic E-state index is 13.3. The van der Waals surface area contributed by atoms with Gasteiger partial charge in [0.05, 0.1) is 11.9 Å². The molecule has 0 amide bonds. The molecule has 1 aliphatic heterocycles. The average molecular weight is 363 g/mol. The second kappa shape index (κ2) is 7.13. The van der Waals surface area contributed by atoms with Crippen molar-refractivity contribution in [3.05, 3.63) is 35.8 Å². The topological polar surface area (TPSA) is 104 Å². The zero-order valence-electron chi connectivity index (χ0n) is 13.7. The molecule has 136 valence electrons. The van der Waals surface area contributed by atoms with E-state index in [1.165, 1.54) is 12.3 Å². The number of aromatic nitrogens is 3. The van der Waals surface area contributed by atoms with E-state index in [0.717, 1.165) is 12.6 Å². The third-order valence-corrected chi connectivity index (χ3v) is 3.97. The Balaban J connectivity index is 1.92. The lowest BCUT2D eigenvalue weighted by atomic mass is 10.1. The van der Waals surface area contributed by atoms with Gasteiger partial charge in [-0.25, -0.2) is 9.97 Å². The van der Waals surface area contributed by atoms with E-state index in [4.69, 9.17) is 11.0 Å². The summed E-state index contributed by atoms with van der Waals surface area (Å²) in [5.74, 6) is -0.176. The number of anilines is 3. The third-order valence-electron chi connectivity index (χ3n) is 3.97. The number of nitrogens with two attached hydrogens (primary N) is 1. The standard InChI is InChI=1S/C16H16F3N7/c17-16(18,19)13-8-23-15(24-12-4-3-11(6-20)22-7-12)25-14(13)26-5-1-2-10(21)9-26/h3-4,7-8,10H,1-2,5,9,21H2,(H,23,24,25). The first-order valence-corrected chi connectivity index (χ1v) is 7.95. The van der Waals surface area contributed by atoms with E-state index in [0.29, 0.717) is 25.2 Å². The number of rotatable bonds is 3. The van der Waals surface area contributed by atoms with Gasteiger partial charge in [0.1, 0.15) is 23.1 Å². The number of piperidine rings is 1. The molecule has 26 heavy (non-hydrogen) atoms. The normalized spacial score (nSPS) is 17.7. The van der Waals surface area contributed by atoms with Crippen molar-refractivity contribution < 1.29 is 13.2 Å². The summed E-state index contributed by atoms with van der Waals surface area (Å²) in [4.78, 5) is 13.3. The zero-order chi connectivity index (χ0) is 18.7. The lowest BCUT2D eigenvalue weighted by molar-refractivity contribution is -0.137. The van der Waals surface area contributed by atoms with Crippen molar-refractivity contribution in [3.8, 4) is 6.07 Å². The quantitative estimate of drug-likeness (QED) is 0.863. The van der Waals surface area contributed by atoms with Crippen molar-refractivity contribution >= 4 is 17.5 Å². The molecule has 3 heterocycles. The molecule has 2 aromatic heterocycles. The summed E-state index contributed by atoms with van der Waals surface area (Å²) >= 11 is 0. The van der Waals surface area contributed by atoms with Crippen LogP contribution < -0.4 is 16.0 Å². The first-order chi connectivity index (χ1) is 12.4. The van der Waals surface area contributed by atoms with E-state index < -0.39 is 11.7 Å². The molecule has 3 rings (SSSR count). The molecular weight excluding hydrogens is 347 g/mol. The molecule has 0 bridgehead atoms. The largest absolute Gasteiger partial charge is 0.421 e. The van der Waals surface area contributed by atoms with Crippen molar-refractivity contribution in [1.82, 2.24) is 15.0 Å². The average Bonchev–Trinajstić information content (AvgIpc) is 2.61. The molecule has 0 saturated carbocycles. The fourth-order valence-electron chi connectivity index (χ4n) is 2.74. The summed E-state index contributed by atoms with van der Waals surface area (Å²) in [6.07, 6.45) is -0.945. The summed E-state index contributed by atoms with van der Waals surface area (Å²) in [5.41, 5.74) is 5.69. The van der Waals surface area contributed by atoms with E-state index in [9.17, 15) is 13.2 Å². The Hall–Kier alpha value is -2.93. The summed E-state index contributed by atoms with van der Waals surface area (Å²) in [6.45, 7) is 0.754. The highest BCUT2D eigenvalue weighted by molar-refractivity contribution is 5.57. The van der Waals surface area contributed by atoms with Crippen LogP contribution in [0.4, 0.5) is 30.6 Å². The van der Waals surface area contributed by atoms with Crippen LogP contribution in [0.15, 0.2) is 24.5 Å². The van der Waals surface area contributed by atoms with Gasteiger partial charge in [0.25, 0.3) is 0 Å². The SMILES string of the molecule is N#Cc1ccc(Nc2ncc(C(F)(F)F)c(N3CCCC(N)C3)n2)cn1. The molecule has 0 aromatic carbocycles. The van der Waals surface area contributed by atoms with Gasteiger partial charge in [-0.1, -0.05) is 0 Å². The highest BCUT2D eigenvalue weighted by Gasteiger charge is 2.37. The molecule has 7 nitrogen and oxygen atoms in total. The lowest BCUT2D eigenvalue weighted by Crippen LogP contribution is -2.44. The number of alkyl halides is 3. The van der Waals surface area contributed by atoms with Crippen LogP contribution in [-0.4, -0.2) is 34.1 Å². The van der Waals surface area contributed by atoms with Gasteiger partial charge in [-0.05, 0) is 25.0 Å². The van der Waals surface area contributed by atoms with Crippen LogP contribution in [0.2, 0.25) is 0 Å². The fourth-order valence-corrected chi connectivity index (χ4v) is 2.74. The first kappa shape index (κ1) is 17.9. The van der Waals surface area contributed by atoms with E-state index in [-0.39, 0.29) is 23.5 Å². The summed E-state index contributed by atoms with van der Waals surface area (Å²) in [6, 6.07) is 4.74. The lowest BCUT2D eigenvalue weighted by Gasteiger charge is -2.33. The summed E-state index contributed by atoms with van der Waals surface area (Å²) < 4.78 is 40.0. The molecule has 1 atom stereocenters. The minimum Gasteiger partial charge on any atom is -0.354 e. The molecule has 1 fully saturated rings. The maximum atomic E-state index is 13.3. The molecule has 2 aromatic rings. The molecule has 10 heteroatoms. The van der Waals surface area contributed by atoms with Crippen molar-refractivity contribution in [2.45, 2.75) is 25.1 Å². The minimum absolute atomic E-state index is 0.0126. The fraction of sp³-hybridized carbons (Fsp3) is 0.375. The van der Waals surface area contributed by atoms with Crippen LogP contribution in [0.5, 0.6) is 0 Å². The van der Waals surface area contributed by atoms with Crippen molar-refractivity contribution in [3.63, 3.8) is 0 Å². The van der Waals surface area contributed by atoms with Gasteiger partial charge in [-0.15, -0.1) is 0 Å². The Morgan fingerprint density at radius 2 is 2.08 bits per heavy atom. The zero-order valence-corrected chi connectivity index (χ0v) is 13.7. The van der Waals surface area contributed by atoms with Crippen molar-refractivity contribution in [2.75, 3.05) is 23.3 Å². The smallest absolute Gasteiger partial charge is 0.354 e. The monoisotopic (exact) mass is 363 g/mol. The Bertz CT molecular complexity index is 814. The number of hydrogen-bond donors (Lipinski definition) is 2. The molecular formula is C16H16F3N7.